The van der Waals surface area contributed by atoms with Gasteiger partial charge >= 0.3 is 0 Å². The summed E-state index contributed by atoms with van der Waals surface area (Å²) in [4.78, 5) is 22.6. The van der Waals surface area contributed by atoms with Gasteiger partial charge in [-0.3, -0.25) is 9.78 Å². The molecule has 2 aromatic heterocycles. The number of methoxy groups -OCH3 is 1. The Bertz CT molecular complexity index is 1280. The van der Waals surface area contributed by atoms with Crippen LogP contribution in [-0.2, 0) is 10.2 Å². The van der Waals surface area contributed by atoms with Crippen LogP contribution in [0.25, 0.3) is 11.1 Å². The van der Waals surface area contributed by atoms with Crippen LogP contribution in [0.5, 0.6) is 5.75 Å². The Balaban J connectivity index is 1.78. The molecule has 3 heterocycles. The van der Waals surface area contributed by atoms with Gasteiger partial charge in [-0.25, -0.2) is 4.98 Å². The summed E-state index contributed by atoms with van der Waals surface area (Å²) in [5.74, 6) is 1.79. The van der Waals surface area contributed by atoms with Crippen LogP contribution in [0.4, 0.5) is 5.82 Å². The number of carbonyl (C=O) groups excluding carboxylic acids is 1. The molecule has 33 heavy (non-hydrogen) atoms. The SMILES string of the molecule is CC[C@]1(c2cccc(-c3ccncc3OC)c2)C2=C(CC(C)(C)CC2=O)Nc2ncccc21. The average molecular weight is 440 g/mol. The van der Waals surface area contributed by atoms with Crippen LogP contribution in [0.1, 0.15) is 51.2 Å². The van der Waals surface area contributed by atoms with Crippen LogP contribution in [0, 0.1) is 5.41 Å². The lowest BCUT2D eigenvalue weighted by molar-refractivity contribution is -0.118. The van der Waals surface area contributed by atoms with Crippen molar-refractivity contribution in [3.05, 3.63) is 83.5 Å². The maximum absolute atomic E-state index is 13.7. The highest BCUT2D eigenvalue weighted by Crippen LogP contribution is 2.54. The minimum absolute atomic E-state index is 0.0824. The fourth-order valence-corrected chi connectivity index (χ4v) is 5.65. The Hall–Kier alpha value is -3.47. The first-order valence-electron chi connectivity index (χ1n) is 11.5. The molecule has 0 unspecified atom stereocenters. The molecule has 0 fully saturated rings. The van der Waals surface area contributed by atoms with Gasteiger partial charge in [0, 0.05) is 41.2 Å². The lowest BCUT2D eigenvalue weighted by Gasteiger charge is -2.46. The second-order valence-electron chi connectivity index (χ2n) is 9.73. The molecule has 0 saturated heterocycles. The summed E-state index contributed by atoms with van der Waals surface area (Å²) in [6.07, 6.45) is 7.44. The quantitative estimate of drug-likeness (QED) is 0.547. The van der Waals surface area contributed by atoms with E-state index in [1.54, 1.807) is 19.5 Å². The van der Waals surface area contributed by atoms with Crippen molar-refractivity contribution in [2.45, 2.75) is 45.4 Å². The molecular formula is C28H29N3O2. The standard InChI is InChI=1S/C28H29N3O2/c1-5-28(19-9-6-8-18(14-19)20-11-13-29-17-24(20)33-4)21-10-7-12-30-26(21)31-22-15-27(2,3)16-23(32)25(22)28/h6-14,17H,5,15-16H2,1-4H3,(H,30,31)/t28-/m1/s1. The van der Waals surface area contributed by atoms with Gasteiger partial charge in [0.15, 0.2) is 5.78 Å². The third kappa shape index (κ3) is 3.34. The molecule has 1 aliphatic carbocycles. The predicted octanol–water partition coefficient (Wildman–Crippen LogP) is 5.92. The third-order valence-electron chi connectivity index (χ3n) is 7.04. The molecule has 0 amide bonds. The summed E-state index contributed by atoms with van der Waals surface area (Å²) < 4.78 is 5.57. The second-order valence-corrected chi connectivity index (χ2v) is 9.73. The van der Waals surface area contributed by atoms with E-state index in [0.717, 1.165) is 57.9 Å². The van der Waals surface area contributed by atoms with E-state index in [0.29, 0.717) is 6.42 Å². The Kier molecular flexibility index (Phi) is 5.08. The summed E-state index contributed by atoms with van der Waals surface area (Å²) in [5, 5.41) is 3.53. The highest BCUT2D eigenvalue weighted by atomic mass is 16.5. The number of hydrogen-bond acceptors (Lipinski definition) is 5. The number of Topliss-reactive ketones (excluding diaryl/α,β-unsaturated/α-hetero) is 1. The van der Waals surface area contributed by atoms with Gasteiger partial charge in [-0.1, -0.05) is 45.0 Å². The number of carbonyl (C=O) groups is 1. The molecule has 1 aliphatic heterocycles. The number of pyridine rings is 2. The minimum Gasteiger partial charge on any atom is -0.494 e. The highest BCUT2D eigenvalue weighted by Gasteiger charge is 2.49. The van der Waals surface area contributed by atoms with Crippen LogP contribution in [-0.4, -0.2) is 22.9 Å². The van der Waals surface area contributed by atoms with Gasteiger partial charge in [-0.2, -0.15) is 0 Å². The number of fused-ring (bicyclic) bond motifs is 1. The normalized spacial score (nSPS) is 21.2. The number of aromatic nitrogens is 2. The number of ether oxygens (including phenoxy) is 1. The summed E-state index contributed by atoms with van der Waals surface area (Å²) in [6.45, 7) is 6.49. The van der Waals surface area contributed by atoms with Crippen molar-refractivity contribution in [1.29, 1.82) is 0 Å². The molecular weight excluding hydrogens is 410 g/mol. The van der Waals surface area contributed by atoms with Crippen LogP contribution < -0.4 is 10.1 Å². The number of allylic oxidation sites excluding steroid dienone is 2. The number of rotatable bonds is 4. The zero-order valence-electron chi connectivity index (χ0n) is 19.6. The fourth-order valence-electron chi connectivity index (χ4n) is 5.65. The van der Waals surface area contributed by atoms with Gasteiger partial charge in [0.05, 0.1) is 18.7 Å². The van der Waals surface area contributed by atoms with Crippen molar-refractivity contribution in [1.82, 2.24) is 9.97 Å². The third-order valence-corrected chi connectivity index (χ3v) is 7.04. The monoisotopic (exact) mass is 439 g/mol. The van der Waals surface area contributed by atoms with Crippen molar-refractivity contribution < 1.29 is 9.53 Å². The Labute approximate surface area is 194 Å². The summed E-state index contributed by atoms with van der Waals surface area (Å²) >= 11 is 0. The topological polar surface area (TPSA) is 64.1 Å². The molecule has 0 spiro atoms. The molecule has 168 valence electrons. The van der Waals surface area contributed by atoms with E-state index in [1.165, 1.54) is 0 Å². The fraction of sp³-hybridized carbons (Fsp3) is 0.321. The maximum atomic E-state index is 13.7. The summed E-state index contributed by atoms with van der Waals surface area (Å²) in [5.41, 5.74) is 5.42. The lowest BCUT2D eigenvalue weighted by atomic mass is 9.59. The van der Waals surface area contributed by atoms with E-state index in [9.17, 15) is 4.79 Å². The van der Waals surface area contributed by atoms with E-state index in [2.05, 4.69) is 66.4 Å². The summed E-state index contributed by atoms with van der Waals surface area (Å²) in [7, 11) is 1.66. The molecule has 3 aromatic rings. The largest absolute Gasteiger partial charge is 0.494 e. The molecule has 0 saturated carbocycles. The van der Waals surface area contributed by atoms with Crippen LogP contribution in [0.3, 0.4) is 0 Å². The molecule has 5 heteroatoms. The first kappa shape index (κ1) is 21.4. The van der Waals surface area contributed by atoms with Gasteiger partial charge in [-0.05, 0) is 47.6 Å². The van der Waals surface area contributed by atoms with Crippen LogP contribution in [0.15, 0.2) is 72.3 Å². The molecule has 0 radical (unpaired) electrons. The average Bonchev–Trinajstić information content (AvgIpc) is 2.82. The lowest BCUT2D eigenvalue weighted by Crippen LogP contribution is -2.43. The van der Waals surface area contributed by atoms with E-state index in [4.69, 9.17) is 4.74 Å². The molecule has 1 atom stereocenters. The van der Waals surface area contributed by atoms with Gasteiger partial charge < -0.3 is 10.1 Å². The molecule has 1 aromatic carbocycles. The Morgan fingerprint density at radius 3 is 2.73 bits per heavy atom. The zero-order valence-corrected chi connectivity index (χ0v) is 19.6. The first-order valence-corrected chi connectivity index (χ1v) is 11.5. The van der Waals surface area contributed by atoms with E-state index in [-0.39, 0.29) is 11.2 Å². The van der Waals surface area contributed by atoms with Crippen molar-refractivity contribution >= 4 is 11.6 Å². The van der Waals surface area contributed by atoms with Gasteiger partial charge in [0.25, 0.3) is 0 Å². The van der Waals surface area contributed by atoms with Crippen LogP contribution in [0.2, 0.25) is 0 Å². The number of nitrogens with zero attached hydrogens (tertiary/aromatic N) is 2. The number of ketones is 1. The van der Waals surface area contributed by atoms with Gasteiger partial charge in [0.1, 0.15) is 11.6 Å². The first-order chi connectivity index (χ1) is 15.9. The maximum Gasteiger partial charge on any atom is 0.162 e. The molecule has 5 nitrogen and oxygen atoms in total. The Morgan fingerprint density at radius 2 is 1.94 bits per heavy atom. The van der Waals surface area contributed by atoms with Crippen molar-refractivity contribution in [3.8, 4) is 16.9 Å². The molecule has 1 N–H and O–H groups in total. The van der Waals surface area contributed by atoms with Crippen molar-refractivity contribution in [2.24, 2.45) is 5.41 Å². The summed E-state index contributed by atoms with van der Waals surface area (Å²) in [6, 6.07) is 14.5. The van der Waals surface area contributed by atoms with Gasteiger partial charge in [-0.15, -0.1) is 0 Å². The van der Waals surface area contributed by atoms with E-state index >= 15 is 0 Å². The molecule has 2 aliphatic rings. The van der Waals surface area contributed by atoms with E-state index < -0.39 is 5.41 Å². The predicted molar refractivity (Wildman–Crippen MR) is 130 cm³/mol. The number of nitrogens with one attached hydrogen (secondary N) is 1. The number of anilines is 1. The number of benzene rings is 1. The Morgan fingerprint density at radius 1 is 1.09 bits per heavy atom. The van der Waals surface area contributed by atoms with Crippen molar-refractivity contribution in [2.75, 3.05) is 12.4 Å². The van der Waals surface area contributed by atoms with Crippen LogP contribution >= 0.6 is 0 Å². The van der Waals surface area contributed by atoms with Gasteiger partial charge in [0.2, 0.25) is 0 Å². The number of hydrogen-bond donors (Lipinski definition) is 1. The van der Waals surface area contributed by atoms with E-state index in [1.807, 2.05) is 18.3 Å². The second kappa shape index (κ2) is 7.84. The zero-order chi connectivity index (χ0) is 23.2. The molecule has 0 bridgehead atoms. The van der Waals surface area contributed by atoms with Crippen molar-refractivity contribution in [3.63, 3.8) is 0 Å². The minimum atomic E-state index is -0.561. The molecule has 5 rings (SSSR count). The smallest absolute Gasteiger partial charge is 0.162 e. The highest BCUT2D eigenvalue weighted by molar-refractivity contribution is 6.03.